The zero-order valence-electron chi connectivity index (χ0n) is 9.58. The minimum atomic E-state index is -0.646. The van der Waals surface area contributed by atoms with Crippen LogP contribution in [0.5, 0.6) is 0 Å². The van der Waals surface area contributed by atoms with Crippen molar-refractivity contribution in [3.8, 4) is 0 Å². The van der Waals surface area contributed by atoms with E-state index >= 15 is 0 Å². The fourth-order valence-electron chi connectivity index (χ4n) is 1.07. The third-order valence-corrected chi connectivity index (χ3v) is 3.77. The molecule has 14 heavy (non-hydrogen) atoms. The molecule has 0 aliphatic rings. The van der Waals surface area contributed by atoms with Gasteiger partial charge in [0.1, 0.15) is 0 Å². The second-order valence-corrected chi connectivity index (χ2v) is 5.05. The highest BCUT2D eigenvalue weighted by atomic mass is 32.2. The molecule has 3 atom stereocenters. The molecule has 0 spiro atoms. The molecule has 0 aromatic heterocycles. The van der Waals surface area contributed by atoms with E-state index in [9.17, 15) is 5.11 Å². The molecule has 3 N–H and O–H groups in total. The maximum absolute atomic E-state index is 9.77. The SMILES string of the molecule is CCC(C)(O)CNC(C)C(CO)SC. The predicted octanol–water partition coefficient (Wildman–Crippen LogP) is 0.849. The van der Waals surface area contributed by atoms with Crippen molar-refractivity contribution in [1.82, 2.24) is 5.32 Å². The largest absolute Gasteiger partial charge is 0.395 e. The van der Waals surface area contributed by atoms with Gasteiger partial charge in [-0.2, -0.15) is 11.8 Å². The minimum absolute atomic E-state index is 0.170. The molecule has 0 rings (SSSR count). The van der Waals surface area contributed by atoms with E-state index in [0.717, 1.165) is 6.42 Å². The molecule has 0 aliphatic heterocycles. The number of hydrogen-bond donors (Lipinski definition) is 3. The van der Waals surface area contributed by atoms with Crippen molar-refractivity contribution in [2.24, 2.45) is 0 Å². The van der Waals surface area contributed by atoms with Crippen LogP contribution in [-0.4, -0.2) is 46.5 Å². The summed E-state index contributed by atoms with van der Waals surface area (Å²) in [7, 11) is 0. The summed E-state index contributed by atoms with van der Waals surface area (Å²) in [6.45, 7) is 6.55. The predicted molar refractivity (Wildman–Crippen MR) is 62.8 cm³/mol. The molecule has 86 valence electrons. The molecular weight excluding hydrogens is 198 g/mol. The van der Waals surface area contributed by atoms with Gasteiger partial charge < -0.3 is 15.5 Å². The number of nitrogens with one attached hydrogen (secondary N) is 1. The average molecular weight is 221 g/mol. The molecule has 3 unspecified atom stereocenters. The molecule has 0 heterocycles. The van der Waals surface area contributed by atoms with Gasteiger partial charge in [0.2, 0.25) is 0 Å². The van der Waals surface area contributed by atoms with Crippen molar-refractivity contribution in [1.29, 1.82) is 0 Å². The van der Waals surface area contributed by atoms with Gasteiger partial charge in [0, 0.05) is 17.8 Å². The monoisotopic (exact) mass is 221 g/mol. The molecule has 0 saturated carbocycles. The van der Waals surface area contributed by atoms with E-state index in [1.165, 1.54) is 0 Å². The van der Waals surface area contributed by atoms with Crippen molar-refractivity contribution in [2.45, 2.75) is 44.1 Å². The molecule has 0 saturated heterocycles. The third kappa shape index (κ3) is 5.20. The van der Waals surface area contributed by atoms with Crippen LogP contribution in [0, 0.1) is 0 Å². The topological polar surface area (TPSA) is 52.5 Å². The Balaban J connectivity index is 3.88. The van der Waals surface area contributed by atoms with Gasteiger partial charge in [-0.25, -0.2) is 0 Å². The van der Waals surface area contributed by atoms with E-state index in [0.29, 0.717) is 6.54 Å². The van der Waals surface area contributed by atoms with Gasteiger partial charge in [-0.1, -0.05) is 6.92 Å². The average Bonchev–Trinajstić information content (AvgIpc) is 2.17. The lowest BCUT2D eigenvalue weighted by Crippen LogP contribution is -2.45. The molecule has 0 radical (unpaired) electrons. The molecule has 0 aliphatic carbocycles. The van der Waals surface area contributed by atoms with Crippen molar-refractivity contribution < 1.29 is 10.2 Å². The summed E-state index contributed by atoms with van der Waals surface area (Å²) in [5, 5.41) is 22.3. The number of aliphatic hydroxyl groups excluding tert-OH is 1. The quantitative estimate of drug-likeness (QED) is 0.596. The Kier molecular flexibility index (Phi) is 6.78. The van der Waals surface area contributed by atoms with Crippen LogP contribution >= 0.6 is 11.8 Å². The van der Waals surface area contributed by atoms with Crippen LogP contribution in [0.2, 0.25) is 0 Å². The Labute approximate surface area is 91.3 Å². The molecule has 0 fully saturated rings. The Bertz CT molecular complexity index is 149. The molecular formula is C10H23NO2S. The molecule has 0 aromatic rings. The maximum atomic E-state index is 9.77. The van der Waals surface area contributed by atoms with Crippen LogP contribution in [0.25, 0.3) is 0 Å². The normalized spacial score (nSPS) is 20.1. The van der Waals surface area contributed by atoms with Crippen molar-refractivity contribution in [3.05, 3.63) is 0 Å². The van der Waals surface area contributed by atoms with E-state index in [1.807, 2.05) is 27.0 Å². The summed E-state index contributed by atoms with van der Waals surface area (Å²) >= 11 is 1.64. The van der Waals surface area contributed by atoms with Gasteiger partial charge in [-0.15, -0.1) is 0 Å². The van der Waals surface area contributed by atoms with Gasteiger partial charge in [-0.05, 0) is 26.5 Å². The highest BCUT2D eigenvalue weighted by molar-refractivity contribution is 7.99. The first-order valence-corrected chi connectivity index (χ1v) is 6.35. The lowest BCUT2D eigenvalue weighted by Gasteiger charge is -2.27. The van der Waals surface area contributed by atoms with Crippen molar-refractivity contribution in [2.75, 3.05) is 19.4 Å². The van der Waals surface area contributed by atoms with Crippen molar-refractivity contribution in [3.63, 3.8) is 0 Å². The summed E-state index contributed by atoms with van der Waals surface area (Å²) in [6, 6.07) is 0.216. The van der Waals surface area contributed by atoms with Crippen LogP contribution in [0.15, 0.2) is 0 Å². The smallest absolute Gasteiger partial charge is 0.0741 e. The molecule has 4 heteroatoms. The zero-order valence-corrected chi connectivity index (χ0v) is 10.4. The fraction of sp³-hybridized carbons (Fsp3) is 1.00. The van der Waals surface area contributed by atoms with Gasteiger partial charge in [0.15, 0.2) is 0 Å². The van der Waals surface area contributed by atoms with E-state index in [4.69, 9.17) is 5.11 Å². The first kappa shape index (κ1) is 14.2. The lowest BCUT2D eigenvalue weighted by atomic mass is 10.0. The first-order valence-electron chi connectivity index (χ1n) is 5.06. The third-order valence-electron chi connectivity index (χ3n) is 2.61. The highest BCUT2D eigenvalue weighted by Crippen LogP contribution is 2.12. The number of thioether (sulfide) groups is 1. The maximum Gasteiger partial charge on any atom is 0.0741 e. The summed E-state index contributed by atoms with van der Waals surface area (Å²) in [5.74, 6) is 0. The molecule has 0 amide bonds. The number of hydrogen-bond acceptors (Lipinski definition) is 4. The molecule has 0 bridgehead atoms. The second kappa shape index (κ2) is 6.67. The van der Waals surface area contributed by atoms with Gasteiger partial charge in [0.05, 0.1) is 12.2 Å². The van der Waals surface area contributed by atoms with E-state index in [1.54, 1.807) is 11.8 Å². The summed E-state index contributed by atoms with van der Waals surface area (Å²) in [5.41, 5.74) is -0.646. The van der Waals surface area contributed by atoms with E-state index < -0.39 is 5.60 Å². The van der Waals surface area contributed by atoms with Crippen molar-refractivity contribution >= 4 is 11.8 Å². The van der Waals surface area contributed by atoms with Gasteiger partial charge in [0.25, 0.3) is 0 Å². The van der Waals surface area contributed by atoms with E-state index in [2.05, 4.69) is 5.32 Å². The first-order chi connectivity index (χ1) is 6.46. The molecule has 0 aromatic carbocycles. The van der Waals surface area contributed by atoms with Gasteiger partial charge in [-0.3, -0.25) is 0 Å². The zero-order chi connectivity index (χ0) is 11.2. The Hall–Kier alpha value is 0.230. The lowest BCUT2D eigenvalue weighted by molar-refractivity contribution is 0.0527. The summed E-state index contributed by atoms with van der Waals surface area (Å²) < 4.78 is 0. The van der Waals surface area contributed by atoms with Crippen LogP contribution in [0.3, 0.4) is 0 Å². The summed E-state index contributed by atoms with van der Waals surface area (Å²) in [6.07, 6.45) is 2.72. The van der Waals surface area contributed by atoms with Gasteiger partial charge >= 0.3 is 0 Å². The van der Waals surface area contributed by atoms with Crippen LogP contribution in [0.4, 0.5) is 0 Å². The van der Waals surface area contributed by atoms with Crippen LogP contribution < -0.4 is 5.32 Å². The molecule has 3 nitrogen and oxygen atoms in total. The summed E-state index contributed by atoms with van der Waals surface area (Å²) in [4.78, 5) is 0. The Morgan fingerprint density at radius 2 is 2.07 bits per heavy atom. The Morgan fingerprint density at radius 3 is 2.43 bits per heavy atom. The number of aliphatic hydroxyl groups is 2. The standard InChI is InChI=1S/C10H23NO2S/c1-5-10(3,13)7-11-8(2)9(6-12)14-4/h8-9,11-13H,5-7H2,1-4H3. The minimum Gasteiger partial charge on any atom is -0.395 e. The van der Waals surface area contributed by atoms with Crippen LogP contribution in [0.1, 0.15) is 27.2 Å². The highest BCUT2D eigenvalue weighted by Gasteiger charge is 2.21. The second-order valence-electron chi connectivity index (χ2n) is 3.98. The fourth-order valence-corrected chi connectivity index (χ4v) is 1.73. The number of rotatable bonds is 7. The van der Waals surface area contributed by atoms with Crippen LogP contribution in [-0.2, 0) is 0 Å². The Morgan fingerprint density at radius 1 is 1.50 bits per heavy atom. The van der Waals surface area contributed by atoms with E-state index in [-0.39, 0.29) is 17.9 Å².